The van der Waals surface area contributed by atoms with Gasteiger partial charge < -0.3 is 4.57 Å². The smallest absolute Gasteiger partial charge is 0.212 e. The monoisotopic (exact) mass is 545 g/mol. The van der Waals surface area contributed by atoms with Gasteiger partial charge in [-0.1, -0.05) is 91.0 Å². The summed E-state index contributed by atoms with van der Waals surface area (Å²) in [6.07, 6.45) is 0. The lowest BCUT2D eigenvalue weighted by Gasteiger charge is -2.30. The number of rotatable bonds is 1. The lowest BCUT2D eigenvalue weighted by molar-refractivity contribution is 0.794. The van der Waals surface area contributed by atoms with Gasteiger partial charge in [0, 0.05) is 16.3 Å². The predicted octanol–water partition coefficient (Wildman–Crippen LogP) is 9.86. The molecule has 0 saturated carbocycles. The zero-order valence-electron chi connectivity index (χ0n) is 23.4. The van der Waals surface area contributed by atoms with Crippen LogP contribution in [0.2, 0.25) is 0 Å². The molecule has 7 aromatic rings. The van der Waals surface area contributed by atoms with Gasteiger partial charge in [-0.2, -0.15) is 5.26 Å². The Morgan fingerprint density at radius 3 is 1.84 bits per heavy atom. The van der Waals surface area contributed by atoms with Crippen molar-refractivity contribution in [3.05, 3.63) is 166 Å². The molecule has 9 rings (SSSR count). The molecule has 0 fully saturated rings. The molecule has 43 heavy (non-hydrogen) atoms. The molecule has 0 amide bonds. The molecule has 1 aromatic heterocycles. The average molecular weight is 546 g/mol. The second-order valence-electron chi connectivity index (χ2n) is 11.5. The number of aromatic nitrogens is 1. The van der Waals surface area contributed by atoms with Gasteiger partial charge in [-0.25, -0.2) is 4.85 Å². The molecule has 0 radical (unpaired) electrons. The highest BCUT2D eigenvalue weighted by Gasteiger charge is 2.51. The normalized spacial score (nSPS) is 13.4. The van der Waals surface area contributed by atoms with E-state index < -0.39 is 5.41 Å². The number of aryl methyl sites for hydroxylation is 1. The van der Waals surface area contributed by atoms with Crippen LogP contribution in [0.15, 0.2) is 121 Å². The first-order valence-corrected chi connectivity index (χ1v) is 14.5. The van der Waals surface area contributed by atoms with Gasteiger partial charge >= 0.3 is 0 Å². The Balaban J connectivity index is 1.49. The summed E-state index contributed by atoms with van der Waals surface area (Å²) in [5, 5.41) is 12.0. The Hall–Kier alpha value is -5.90. The van der Waals surface area contributed by atoms with E-state index in [1.165, 1.54) is 44.5 Å². The van der Waals surface area contributed by atoms with E-state index in [9.17, 15) is 5.26 Å². The Labute approximate surface area is 249 Å². The molecule has 0 aliphatic heterocycles. The second-order valence-corrected chi connectivity index (χ2v) is 11.5. The van der Waals surface area contributed by atoms with Crippen molar-refractivity contribution in [1.29, 1.82) is 5.26 Å². The van der Waals surface area contributed by atoms with E-state index in [1.807, 2.05) is 13.0 Å². The molecule has 1 heterocycles. The minimum Gasteiger partial charge on any atom is -0.319 e. The van der Waals surface area contributed by atoms with E-state index in [4.69, 9.17) is 6.57 Å². The summed E-state index contributed by atoms with van der Waals surface area (Å²) >= 11 is 0. The highest BCUT2D eigenvalue weighted by molar-refractivity contribution is 6.13. The first-order valence-electron chi connectivity index (χ1n) is 14.5. The fourth-order valence-corrected chi connectivity index (χ4v) is 8.00. The Morgan fingerprint density at radius 1 is 0.628 bits per heavy atom. The number of nitrogens with zero attached hydrogens (tertiary/aromatic N) is 3. The third-order valence-corrected chi connectivity index (χ3v) is 9.54. The predicted molar refractivity (Wildman–Crippen MR) is 173 cm³/mol. The summed E-state index contributed by atoms with van der Waals surface area (Å²) in [6, 6.07) is 45.6. The summed E-state index contributed by atoms with van der Waals surface area (Å²) in [6.45, 7) is 10.1. The van der Waals surface area contributed by atoms with Crippen LogP contribution in [-0.2, 0) is 5.41 Å². The van der Waals surface area contributed by atoms with Crippen LogP contribution < -0.4 is 0 Å². The van der Waals surface area contributed by atoms with Gasteiger partial charge in [0.25, 0.3) is 0 Å². The van der Waals surface area contributed by atoms with E-state index in [-0.39, 0.29) is 0 Å². The summed E-state index contributed by atoms with van der Waals surface area (Å²) in [5.74, 6) is 0. The lowest BCUT2D eigenvalue weighted by Crippen LogP contribution is -2.25. The quantitative estimate of drug-likeness (QED) is 0.189. The van der Waals surface area contributed by atoms with Crippen LogP contribution in [0.1, 0.15) is 33.4 Å². The molecule has 1 spiro atoms. The summed E-state index contributed by atoms with van der Waals surface area (Å²) in [5.41, 5.74) is 14.6. The van der Waals surface area contributed by atoms with E-state index in [0.29, 0.717) is 11.3 Å². The topological polar surface area (TPSA) is 33.1 Å². The second kappa shape index (κ2) is 8.32. The Bertz CT molecular complexity index is 2400. The number of fused-ring (bicyclic) bond motifs is 13. The van der Waals surface area contributed by atoms with Crippen LogP contribution in [-0.4, -0.2) is 4.57 Å². The van der Waals surface area contributed by atoms with Gasteiger partial charge in [-0.15, -0.1) is 0 Å². The minimum absolute atomic E-state index is 0.447. The molecule has 3 heteroatoms. The van der Waals surface area contributed by atoms with Gasteiger partial charge in [0.15, 0.2) is 0 Å². The fourth-order valence-electron chi connectivity index (χ4n) is 8.00. The SMILES string of the molecule is [C-]#[N+]c1cc(C#N)cc(C)c1-n1c2ccccc2c2cc3c(cc21)C1(c2ccccc2-c2ccccc21)c1ccccc1-3. The third kappa shape index (κ3) is 2.82. The summed E-state index contributed by atoms with van der Waals surface area (Å²) in [7, 11) is 0. The van der Waals surface area contributed by atoms with Gasteiger partial charge in [0.2, 0.25) is 5.69 Å². The van der Waals surface area contributed by atoms with Gasteiger partial charge in [0.05, 0.1) is 34.8 Å². The molecular weight excluding hydrogens is 522 g/mol. The van der Waals surface area contributed by atoms with Crippen molar-refractivity contribution < 1.29 is 0 Å². The van der Waals surface area contributed by atoms with Crippen molar-refractivity contribution in [2.75, 3.05) is 0 Å². The highest BCUT2D eigenvalue weighted by Crippen LogP contribution is 2.63. The van der Waals surface area contributed by atoms with Crippen molar-refractivity contribution >= 4 is 27.5 Å². The first kappa shape index (κ1) is 23.8. The van der Waals surface area contributed by atoms with E-state index in [1.54, 1.807) is 6.07 Å². The number of hydrogen-bond donors (Lipinski definition) is 0. The molecule has 0 saturated heterocycles. The van der Waals surface area contributed by atoms with Crippen LogP contribution in [0.25, 0.3) is 54.6 Å². The maximum Gasteiger partial charge on any atom is 0.212 e. The molecule has 6 aromatic carbocycles. The van der Waals surface area contributed by atoms with Crippen LogP contribution in [0.4, 0.5) is 5.69 Å². The molecule has 0 unspecified atom stereocenters. The highest BCUT2D eigenvalue weighted by atomic mass is 15.0. The summed E-state index contributed by atoms with van der Waals surface area (Å²) < 4.78 is 2.25. The molecule has 2 aliphatic rings. The van der Waals surface area contributed by atoms with Crippen molar-refractivity contribution in [3.63, 3.8) is 0 Å². The summed E-state index contributed by atoms with van der Waals surface area (Å²) in [4.78, 5) is 3.92. The lowest BCUT2D eigenvalue weighted by atomic mass is 9.70. The van der Waals surface area contributed by atoms with Gasteiger partial charge in [-0.3, -0.25) is 0 Å². The standard InChI is InChI=1S/C40H23N3/c1-24-19-25(23-41)20-36(42-2)39(24)43-37-18-10-6-14-29(37)31-21-30-28-13-5-9-17-34(28)40(35(30)22-38(31)43)32-15-7-3-11-26(32)27-12-4-8-16-33(27)40/h3-22H,1H3. The van der Waals surface area contributed by atoms with Crippen molar-refractivity contribution in [2.45, 2.75) is 12.3 Å². The van der Waals surface area contributed by atoms with E-state index in [2.05, 4.69) is 125 Å². The Kier molecular flexibility index (Phi) is 4.60. The minimum atomic E-state index is -0.447. The van der Waals surface area contributed by atoms with E-state index in [0.717, 1.165) is 33.1 Å². The van der Waals surface area contributed by atoms with Crippen molar-refractivity contribution in [3.8, 4) is 34.0 Å². The number of benzene rings is 6. The molecule has 0 bridgehead atoms. The molecular formula is C40H23N3. The van der Waals surface area contributed by atoms with Crippen molar-refractivity contribution in [2.24, 2.45) is 0 Å². The largest absolute Gasteiger partial charge is 0.319 e. The fraction of sp³-hybridized carbons (Fsp3) is 0.0500. The molecule has 0 atom stereocenters. The number of nitriles is 1. The maximum atomic E-state index is 9.66. The van der Waals surface area contributed by atoms with Gasteiger partial charge in [-0.05, 0) is 87.3 Å². The number of para-hydroxylation sites is 1. The van der Waals surface area contributed by atoms with Crippen LogP contribution in [0.5, 0.6) is 0 Å². The van der Waals surface area contributed by atoms with Crippen molar-refractivity contribution in [1.82, 2.24) is 4.57 Å². The third-order valence-electron chi connectivity index (χ3n) is 9.54. The maximum absolute atomic E-state index is 9.66. The van der Waals surface area contributed by atoms with E-state index >= 15 is 0 Å². The molecule has 2 aliphatic carbocycles. The Morgan fingerprint density at radius 2 is 1.21 bits per heavy atom. The first-order chi connectivity index (χ1) is 21.2. The van der Waals surface area contributed by atoms with Crippen LogP contribution in [0.3, 0.4) is 0 Å². The molecule has 3 nitrogen and oxygen atoms in total. The van der Waals surface area contributed by atoms with Gasteiger partial charge in [0.1, 0.15) is 0 Å². The zero-order valence-corrected chi connectivity index (χ0v) is 23.4. The van der Waals surface area contributed by atoms with Crippen LogP contribution >= 0.6 is 0 Å². The number of hydrogen-bond acceptors (Lipinski definition) is 1. The van der Waals surface area contributed by atoms with Crippen LogP contribution in [0, 0.1) is 24.8 Å². The zero-order chi connectivity index (χ0) is 28.9. The molecule has 0 N–H and O–H groups in total. The molecule has 198 valence electrons. The average Bonchev–Trinajstić information content (AvgIpc) is 3.65.